The minimum atomic E-state index is 0.193. The van der Waals surface area contributed by atoms with E-state index < -0.39 is 0 Å². The van der Waals surface area contributed by atoms with Gasteiger partial charge in [-0.05, 0) is 50.0 Å². The van der Waals surface area contributed by atoms with Crippen LogP contribution in [0.25, 0.3) is 0 Å². The highest BCUT2D eigenvalue weighted by molar-refractivity contribution is 7.98. The molecule has 1 aromatic carbocycles. The Morgan fingerprint density at radius 2 is 2.18 bits per heavy atom. The molecule has 0 saturated carbocycles. The molecule has 1 atom stereocenters. The van der Waals surface area contributed by atoms with E-state index in [-0.39, 0.29) is 12.1 Å². The minimum absolute atomic E-state index is 0.193. The van der Waals surface area contributed by atoms with Crippen molar-refractivity contribution < 1.29 is 4.74 Å². The van der Waals surface area contributed by atoms with Crippen molar-refractivity contribution in [2.24, 2.45) is 5.84 Å². The van der Waals surface area contributed by atoms with E-state index in [1.165, 1.54) is 5.56 Å². The molecule has 0 spiro atoms. The van der Waals surface area contributed by atoms with Crippen LogP contribution >= 0.6 is 11.8 Å². The molecule has 0 heterocycles. The maximum Gasteiger partial charge on any atom is 0.120 e. The standard InChI is InChI=1S/C13H22N2OS/c1-10(2)16-12-6-4-5-11(9-12)13(15-14)7-8-17-3/h4-6,9-10,13,15H,7-8,14H2,1-3H3. The van der Waals surface area contributed by atoms with Crippen molar-refractivity contribution in [1.82, 2.24) is 5.43 Å². The predicted octanol–water partition coefficient (Wildman–Crippen LogP) is 2.73. The Morgan fingerprint density at radius 1 is 1.41 bits per heavy atom. The van der Waals surface area contributed by atoms with Gasteiger partial charge >= 0.3 is 0 Å². The van der Waals surface area contributed by atoms with Crippen LogP contribution in [0, 0.1) is 0 Å². The Balaban J connectivity index is 2.73. The molecule has 0 fully saturated rings. The first-order valence-corrected chi connectivity index (χ1v) is 7.28. The van der Waals surface area contributed by atoms with Crippen LogP contribution in [0.1, 0.15) is 31.9 Å². The predicted molar refractivity (Wildman–Crippen MR) is 75.3 cm³/mol. The first kappa shape index (κ1) is 14.4. The van der Waals surface area contributed by atoms with Crippen molar-refractivity contribution in [2.45, 2.75) is 32.4 Å². The first-order valence-electron chi connectivity index (χ1n) is 5.89. The summed E-state index contributed by atoms with van der Waals surface area (Å²) < 4.78 is 5.68. The van der Waals surface area contributed by atoms with Gasteiger partial charge in [-0.25, -0.2) is 0 Å². The van der Waals surface area contributed by atoms with Gasteiger partial charge in [0.2, 0.25) is 0 Å². The van der Waals surface area contributed by atoms with Gasteiger partial charge in [0.05, 0.1) is 6.10 Å². The Labute approximate surface area is 108 Å². The maximum absolute atomic E-state index is 5.68. The summed E-state index contributed by atoms with van der Waals surface area (Å²) >= 11 is 1.83. The lowest BCUT2D eigenvalue weighted by molar-refractivity contribution is 0.242. The van der Waals surface area contributed by atoms with Crippen LogP contribution in [-0.4, -0.2) is 18.1 Å². The van der Waals surface area contributed by atoms with Gasteiger partial charge in [0, 0.05) is 6.04 Å². The fourth-order valence-corrected chi connectivity index (χ4v) is 2.13. The molecule has 0 saturated heterocycles. The summed E-state index contributed by atoms with van der Waals surface area (Å²) in [6.45, 7) is 4.05. The van der Waals surface area contributed by atoms with Crippen LogP contribution in [0.4, 0.5) is 0 Å². The van der Waals surface area contributed by atoms with Crippen LogP contribution in [0.3, 0.4) is 0 Å². The van der Waals surface area contributed by atoms with Crippen molar-refractivity contribution in [3.8, 4) is 5.75 Å². The van der Waals surface area contributed by atoms with Crippen molar-refractivity contribution in [2.75, 3.05) is 12.0 Å². The number of hydrazine groups is 1. The van der Waals surface area contributed by atoms with Crippen molar-refractivity contribution >= 4 is 11.8 Å². The topological polar surface area (TPSA) is 47.3 Å². The van der Waals surface area contributed by atoms with E-state index in [4.69, 9.17) is 10.6 Å². The van der Waals surface area contributed by atoms with E-state index in [9.17, 15) is 0 Å². The zero-order valence-corrected chi connectivity index (χ0v) is 11.6. The lowest BCUT2D eigenvalue weighted by atomic mass is 10.1. The fourth-order valence-electron chi connectivity index (χ4n) is 1.66. The summed E-state index contributed by atoms with van der Waals surface area (Å²) in [4.78, 5) is 0. The lowest BCUT2D eigenvalue weighted by Crippen LogP contribution is -2.28. The monoisotopic (exact) mass is 254 g/mol. The second kappa shape index (κ2) is 7.58. The molecule has 0 aliphatic rings. The number of hydrogen-bond acceptors (Lipinski definition) is 4. The molecule has 96 valence electrons. The normalized spacial score (nSPS) is 12.8. The van der Waals surface area contributed by atoms with Crippen LogP contribution in [0.5, 0.6) is 5.75 Å². The molecule has 0 amide bonds. The zero-order chi connectivity index (χ0) is 12.7. The smallest absolute Gasteiger partial charge is 0.120 e. The van der Waals surface area contributed by atoms with Crippen LogP contribution < -0.4 is 16.0 Å². The molecular weight excluding hydrogens is 232 g/mol. The molecule has 4 heteroatoms. The summed E-state index contributed by atoms with van der Waals surface area (Å²) in [5, 5.41) is 0. The molecule has 0 radical (unpaired) electrons. The van der Waals surface area contributed by atoms with Gasteiger partial charge in [-0.15, -0.1) is 0 Å². The molecule has 0 aliphatic heterocycles. The van der Waals surface area contributed by atoms with E-state index in [0.29, 0.717) is 0 Å². The molecule has 0 bridgehead atoms. The Hall–Kier alpha value is -0.710. The van der Waals surface area contributed by atoms with Crippen molar-refractivity contribution in [1.29, 1.82) is 0 Å². The fraction of sp³-hybridized carbons (Fsp3) is 0.538. The zero-order valence-electron chi connectivity index (χ0n) is 10.8. The van der Waals surface area contributed by atoms with Gasteiger partial charge in [-0.2, -0.15) is 11.8 Å². The molecule has 1 rings (SSSR count). The minimum Gasteiger partial charge on any atom is -0.491 e. The average molecular weight is 254 g/mol. The summed E-state index contributed by atoms with van der Waals surface area (Å²) in [5.74, 6) is 7.59. The quantitative estimate of drug-likeness (QED) is 0.580. The van der Waals surface area contributed by atoms with E-state index in [0.717, 1.165) is 17.9 Å². The number of ether oxygens (including phenoxy) is 1. The lowest BCUT2D eigenvalue weighted by Gasteiger charge is -2.17. The molecule has 17 heavy (non-hydrogen) atoms. The first-order chi connectivity index (χ1) is 8.17. The summed E-state index contributed by atoms with van der Waals surface area (Å²) in [6.07, 6.45) is 3.31. The third-order valence-corrected chi connectivity index (χ3v) is 3.09. The second-order valence-electron chi connectivity index (χ2n) is 4.24. The Kier molecular flexibility index (Phi) is 6.40. The molecule has 3 nitrogen and oxygen atoms in total. The molecule has 0 aromatic heterocycles. The van der Waals surface area contributed by atoms with Gasteiger partial charge < -0.3 is 4.74 Å². The highest BCUT2D eigenvalue weighted by Crippen LogP contribution is 2.22. The summed E-state index contributed by atoms with van der Waals surface area (Å²) in [6, 6.07) is 8.32. The van der Waals surface area contributed by atoms with E-state index in [2.05, 4.69) is 23.8 Å². The molecule has 3 N–H and O–H groups in total. The summed E-state index contributed by atoms with van der Waals surface area (Å²) in [7, 11) is 0. The number of thioether (sulfide) groups is 1. The largest absolute Gasteiger partial charge is 0.491 e. The Bertz CT molecular complexity index is 331. The number of nitrogens with two attached hydrogens (primary N) is 1. The van der Waals surface area contributed by atoms with Crippen molar-refractivity contribution in [3.05, 3.63) is 29.8 Å². The molecule has 1 unspecified atom stereocenters. The third-order valence-electron chi connectivity index (χ3n) is 2.44. The van der Waals surface area contributed by atoms with Gasteiger partial charge in [0.1, 0.15) is 5.75 Å². The average Bonchev–Trinajstić information content (AvgIpc) is 2.30. The summed E-state index contributed by atoms with van der Waals surface area (Å²) in [5.41, 5.74) is 4.05. The highest BCUT2D eigenvalue weighted by atomic mass is 32.2. The van der Waals surface area contributed by atoms with Crippen LogP contribution in [-0.2, 0) is 0 Å². The SMILES string of the molecule is CSCCC(NN)c1cccc(OC(C)C)c1. The number of hydrogen-bond donors (Lipinski definition) is 2. The maximum atomic E-state index is 5.68. The number of benzene rings is 1. The van der Waals surface area contributed by atoms with Crippen molar-refractivity contribution in [3.63, 3.8) is 0 Å². The van der Waals surface area contributed by atoms with E-state index >= 15 is 0 Å². The van der Waals surface area contributed by atoms with Gasteiger partial charge in [-0.3, -0.25) is 11.3 Å². The highest BCUT2D eigenvalue weighted by Gasteiger charge is 2.10. The van der Waals surface area contributed by atoms with Crippen LogP contribution in [0.2, 0.25) is 0 Å². The second-order valence-corrected chi connectivity index (χ2v) is 5.23. The molecule has 1 aromatic rings. The van der Waals surface area contributed by atoms with E-state index in [1.807, 2.05) is 37.7 Å². The van der Waals surface area contributed by atoms with E-state index in [1.54, 1.807) is 0 Å². The number of rotatable bonds is 7. The third kappa shape index (κ3) is 4.98. The number of nitrogens with one attached hydrogen (secondary N) is 1. The van der Waals surface area contributed by atoms with Gasteiger partial charge in [0.25, 0.3) is 0 Å². The molecule has 0 aliphatic carbocycles. The van der Waals surface area contributed by atoms with Crippen LogP contribution in [0.15, 0.2) is 24.3 Å². The van der Waals surface area contributed by atoms with Gasteiger partial charge in [0.15, 0.2) is 0 Å². The Morgan fingerprint density at radius 3 is 2.76 bits per heavy atom. The van der Waals surface area contributed by atoms with Gasteiger partial charge in [-0.1, -0.05) is 12.1 Å². The molecular formula is C13H22N2OS.